The number of aromatic nitrogens is 2. The van der Waals surface area contributed by atoms with Gasteiger partial charge in [0.15, 0.2) is 5.69 Å². The summed E-state index contributed by atoms with van der Waals surface area (Å²) in [6.07, 6.45) is 0.0989. The van der Waals surface area contributed by atoms with Gasteiger partial charge < -0.3 is 4.74 Å². The molecule has 0 saturated heterocycles. The Labute approximate surface area is 152 Å². The fourth-order valence-corrected chi connectivity index (χ4v) is 2.35. The molecule has 26 heavy (non-hydrogen) atoms. The third kappa shape index (κ3) is 4.09. The summed E-state index contributed by atoms with van der Waals surface area (Å²) in [6, 6.07) is 2.35. The first-order chi connectivity index (χ1) is 12.1. The van der Waals surface area contributed by atoms with E-state index in [1.807, 2.05) is 13.8 Å². The number of carbonyl (C=O) groups excluding carboxylic acids is 1. The molecule has 0 radical (unpaired) electrons. The first-order valence-corrected chi connectivity index (χ1v) is 7.90. The van der Waals surface area contributed by atoms with E-state index in [1.54, 1.807) is 0 Å². The molecule has 0 aliphatic carbocycles. The Balaban J connectivity index is 2.67. The number of halogens is 5. The zero-order chi connectivity index (χ0) is 19.6. The van der Waals surface area contributed by atoms with E-state index in [4.69, 9.17) is 16.3 Å². The minimum Gasteiger partial charge on any atom is -0.476 e. The maximum Gasteiger partial charge on any atom is 0.368 e. The van der Waals surface area contributed by atoms with E-state index in [0.717, 1.165) is 16.8 Å². The van der Waals surface area contributed by atoms with E-state index in [9.17, 15) is 22.4 Å². The van der Waals surface area contributed by atoms with Crippen LogP contribution in [0.15, 0.2) is 18.2 Å². The number of carbonyl (C=O) groups is 1. The fraction of sp³-hybridized carbons (Fsp3) is 0.375. The van der Waals surface area contributed by atoms with Gasteiger partial charge in [-0.15, -0.1) is 0 Å². The molecule has 0 saturated carbocycles. The molecule has 0 aliphatic heterocycles. The number of rotatable bonds is 7. The number of nitrogens with zero attached hydrogens (tertiary/aromatic N) is 3. The minimum absolute atomic E-state index is 0.0324. The van der Waals surface area contributed by atoms with Gasteiger partial charge in [0.05, 0.1) is 12.3 Å². The van der Waals surface area contributed by atoms with Gasteiger partial charge in [0, 0.05) is 13.1 Å². The average molecular weight is 394 g/mol. The lowest BCUT2D eigenvalue weighted by atomic mass is 10.2. The molecule has 0 atom stereocenters. The Hall–Kier alpha value is -2.29. The molecular formula is C16H16ClF4N3O2. The minimum atomic E-state index is -3.95. The summed E-state index contributed by atoms with van der Waals surface area (Å²) in [5, 5.41) is -0.340. The van der Waals surface area contributed by atoms with Crippen LogP contribution in [0.25, 0.3) is 0 Å². The lowest BCUT2D eigenvalue weighted by Crippen LogP contribution is -2.20. The van der Waals surface area contributed by atoms with Crippen molar-refractivity contribution < 1.29 is 27.1 Å². The van der Waals surface area contributed by atoms with Crippen LogP contribution in [0.2, 0.25) is 0 Å². The first kappa shape index (κ1) is 20.0. The number of ether oxygens (including phenoxy) is 1. The van der Waals surface area contributed by atoms with Crippen molar-refractivity contribution in [1.29, 1.82) is 0 Å². The summed E-state index contributed by atoms with van der Waals surface area (Å²) in [7, 11) is 1.31. The van der Waals surface area contributed by atoms with Crippen LogP contribution in [0, 0.1) is 17.6 Å². The topological polar surface area (TPSA) is 47.4 Å². The maximum absolute atomic E-state index is 14.1. The SMILES string of the molecule is CC(C)COc1c(N(C=O)c2ccc(F)cc2F)c(C(F)(F)Cl)nn1C. The molecule has 0 unspecified atom stereocenters. The van der Waals surface area contributed by atoms with Crippen molar-refractivity contribution in [2.45, 2.75) is 19.2 Å². The molecule has 10 heteroatoms. The second kappa shape index (κ2) is 7.53. The van der Waals surface area contributed by atoms with Crippen molar-refractivity contribution in [3.8, 4) is 5.88 Å². The number of anilines is 2. The molecule has 2 aromatic rings. The van der Waals surface area contributed by atoms with Crippen LogP contribution in [0.1, 0.15) is 19.5 Å². The number of alkyl halides is 3. The Morgan fingerprint density at radius 1 is 1.38 bits per heavy atom. The fourth-order valence-electron chi connectivity index (χ4n) is 2.22. The van der Waals surface area contributed by atoms with Crippen LogP contribution in [0.4, 0.5) is 28.9 Å². The highest BCUT2D eigenvalue weighted by Crippen LogP contribution is 2.45. The van der Waals surface area contributed by atoms with Crippen molar-refractivity contribution in [2.24, 2.45) is 13.0 Å². The molecule has 5 nitrogen and oxygen atoms in total. The van der Waals surface area contributed by atoms with Gasteiger partial charge in [-0.25, -0.2) is 13.5 Å². The van der Waals surface area contributed by atoms with E-state index < -0.39 is 34.1 Å². The number of aryl methyl sites for hydroxylation is 1. The molecule has 1 amide bonds. The molecule has 1 aromatic carbocycles. The van der Waals surface area contributed by atoms with E-state index in [-0.39, 0.29) is 24.8 Å². The monoisotopic (exact) mass is 393 g/mol. The Morgan fingerprint density at radius 2 is 2.04 bits per heavy atom. The predicted octanol–water partition coefficient (Wildman–Crippen LogP) is 4.32. The zero-order valence-corrected chi connectivity index (χ0v) is 14.9. The van der Waals surface area contributed by atoms with Gasteiger partial charge in [0.25, 0.3) is 0 Å². The smallest absolute Gasteiger partial charge is 0.368 e. The van der Waals surface area contributed by atoms with Crippen molar-refractivity contribution in [3.05, 3.63) is 35.5 Å². The van der Waals surface area contributed by atoms with E-state index >= 15 is 0 Å². The van der Waals surface area contributed by atoms with E-state index in [1.165, 1.54) is 7.05 Å². The van der Waals surface area contributed by atoms with Crippen LogP contribution < -0.4 is 9.64 Å². The van der Waals surface area contributed by atoms with Gasteiger partial charge in [-0.1, -0.05) is 13.8 Å². The molecule has 1 heterocycles. The van der Waals surface area contributed by atoms with Crippen LogP contribution in [0.3, 0.4) is 0 Å². The number of hydrogen-bond acceptors (Lipinski definition) is 3. The zero-order valence-electron chi connectivity index (χ0n) is 14.1. The first-order valence-electron chi connectivity index (χ1n) is 7.52. The Morgan fingerprint density at radius 3 is 2.54 bits per heavy atom. The third-order valence-electron chi connectivity index (χ3n) is 3.31. The lowest BCUT2D eigenvalue weighted by Gasteiger charge is -2.21. The highest BCUT2D eigenvalue weighted by Gasteiger charge is 2.40. The number of hydrogen-bond donors (Lipinski definition) is 0. The second-order valence-electron chi connectivity index (χ2n) is 5.90. The summed E-state index contributed by atoms with van der Waals surface area (Å²) in [5.41, 5.74) is -1.96. The molecule has 0 aliphatic rings. The quantitative estimate of drug-likeness (QED) is 0.400. The summed E-state index contributed by atoms with van der Waals surface area (Å²) in [5.74, 6) is -2.18. The lowest BCUT2D eigenvalue weighted by molar-refractivity contribution is -0.106. The molecule has 0 bridgehead atoms. The second-order valence-corrected chi connectivity index (χ2v) is 6.37. The van der Waals surface area contributed by atoms with Gasteiger partial charge in [-0.3, -0.25) is 9.69 Å². The van der Waals surface area contributed by atoms with Gasteiger partial charge in [0.1, 0.15) is 17.3 Å². The van der Waals surface area contributed by atoms with Crippen molar-refractivity contribution in [2.75, 3.05) is 11.5 Å². The van der Waals surface area contributed by atoms with E-state index in [2.05, 4.69) is 5.10 Å². The Kier molecular flexibility index (Phi) is 5.80. The van der Waals surface area contributed by atoms with E-state index in [0.29, 0.717) is 11.0 Å². The third-order valence-corrected chi connectivity index (χ3v) is 3.49. The van der Waals surface area contributed by atoms with Crippen LogP contribution >= 0.6 is 11.6 Å². The van der Waals surface area contributed by atoms with Crippen molar-refractivity contribution >= 4 is 29.4 Å². The molecule has 0 N–H and O–H groups in total. The average Bonchev–Trinajstić information content (AvgIpc) is 2.85. The molecule has 0 spiro atoms. The summed E-state index contributed by atoms with van der Waals surface area (Å²) in [6.45, 7) is 3.77. The van der Waals surface area contributed by atoms with Crippen molar-refractivity contribution in [3.63, 3.8) is 0 Å². The molecule has 0 fully saturated rings. The maximum atomic E-state index is 14.1. The molecule has 1 aromatic heterocycles. The normalized spacial score (nSPS) is 11.7. The summed E-state index contributed by atoms with van der Waals surface area (Å²) < 4.78 is 61.4. The van der Waals surface area contributed by atoms with Gasteiger partial charge in [0.2, 0.25) is 12.3 Å². The molecular weight excluding hydrogens is 378 g/mol. The van der Waals surface area contributed by atoms with Gasteiger partial charge in [-0.2, -0.15) is 13.9 Å². The van der Waals surface area contributed by atoms with Gasteiger partial charge >= 0.3 is 5.38 Å². The standard InChI is InChI=1S/C16H16ClF4N3O2/c1-9(2)7-26-15-13(14(16(17,20)21)22-23(15)3)24(8-25)12-5-4-10(18)6-11(12)19/h4-6,8-9H,7H2,1-3H3. The number of amides is 1. The highest BCUT2D eigenvalue weighted by molar-refractivity contribution is 6.22. The largest absolute Gasteiger partial charge is 0.476 e. The summed E-state index contributed by atoms with van der Waals surface area (Å²) in [4.78, 5) is 12.2. The Bertz CT molecular complexity index is 806. The number of benzene rings is 1. The van der Waals surface area contributed by atoms with Crippen LogP contribution in [-0.4, -0.2) is 22.8 Å². The van der Waals surface area contributed by atoms with Gasteiger partial charge in [-0.05, 0) is 29.7 Å². The highest BCUT2D eigenvalue weighted by atomic mass is 35.5. The predicted molar refractivity (Wildman–Crippen MR) is 87.8 cm³/mol. The van der Waals surface area contributed by atoms with Crippen molar-refractivity contribution in [1.82, 2.24) is 9.78 Å². The molecule has 142 valence electrons. The van der Waals surface area contributed by atoms with Crippen LogP contribution in [0.5, 0.6) is 5.88 Å². The summed E-state index contributed by atoms with van der Waals surface area (Å²) >= 11 is 5.10. The van der Waals surface area contributed by atoms with Crippen LogP contribution in [-0.2, 0) is 17.2 Å². The molecule has 2 rings (SSSR count).